The highest BCUT2D eigenvalue weighted by Gasteiger charge is 2.36. The molecule has 7 rings (SSSR count). The van der Waals surface area contributed by atoms with Gasteiger partial charge in [0, 0.05) is 59.3 Å². The minimum atomic E-state index is -1.38. The van der Waals surface area contributed by atoms with Gasteiger partial charge in [0.15, 0.2) is 0 Å². The van der Waals surface area contributed by atoms with Crippen LogP contribution in [0, 0.1) is 5.92 Å². The number of hydrogen-bond donors (Lipinski definition) is 14. The van der Waals surface area contributed by atoms with Crippen molar-refractivity contribution in [2.75, 3.05) is 18.1 Å². The van der Waals surface area contributed by atoms with E-state index in [0.29, 0.717) is 24.1 Å². The Balaban J connectivity index is 1.06. The van der Waals surface area contributed by atoms with E-state index in [2.05, 4.69) is 77.4 Å². The van der Waals surface area contributed by atoms with Gasteiger partial charge in [0.2, 0.25) is 41.4 Å². The molecule has 23 heteroatoms. The summed E-state index contributed by atoms with van der Waals surface area (Å²) in [5.41, 5.74) is 16.6. The zero-order chi connectivity index (χ0) is 61.7. The van der Waals surface area contributed by atoms with Crippen LogP contribution < -0.4 is 48.7 Å². The number of hydrogen-bond acceptors (Lipinski definition) is 13. The number of H-pyrrole nitrogens is 2. The smallest absolute Gasteiger partial charge is 0.326 e. The quantitative estimate of drug-likeness (QED) is 0.0212. The summed E-state index contributed by atoms with van der Waals surface area (Å²) in [6.45, 7) is 3.62. The number of carboxylic acids is 1. The van der Waals surface area contributed by atoms with Crippen molar-refractivity contribution in [1.29, 1.82) is 0 Å². The lowest BCUT2D eigenvalue weighted by molar-refractivity contribution is -0.142. The third kappa shape index (κ3) is 18.3. The van der Waals surface area contributed by atoms with Crippen LogP contribution >= 0.6 is 25.3 Å². The Labute approximate surface area is 510 Å². The second kappa shape index (κ2) is 32.1. The van der Waals surface area contributed by atoms with Gasteiger partial charge in [-0.25, -0.2) is 9.78 Å². The van der Waals surface area contributed by atoms with E-state index in [0.717, 1.165) is 38.4 Å². The van der Waals surface area contributed by atoms with E-state index in [1.165, 1.54) is 12.5 Å². The highest BCUT2D eigenvalue weighted by molar-refractivity contribution is 7.80. The minimum Gasteiger partial charge on any atom is -0.480 e. The monoisotopic (exact) mass is 1210 g/mol. The zero-order valence-corrected chi connectivity index (χ0v) is 49.7. The number of carbonyl (C=O) groups is 8. The first-order valence-corrected chi connectivity index (χ1v) is 29.9. The number of nitrogens with one attached hydrogen (secondary N) is 9. The van der Waals surface area contributed by atoms with Crippen LogP contribution in [0.25, 0.3) is 21.7 Å². The van der Waals surface area contributed by atoms with Gasteiger partial charge in [0.1, 0.15) is 42.3 Å². The second-order valence-corrected chi connectivity index (χ2v) is 22.3. The summed E-state index contributed by atoms with van der Waals surface area (Å²) >= 11 is 8.71. The van der Waals surface area contributed by atoms with Gasteiger partial charge in [-0.1, -0.05) is 135 Å². The molecule has 0 saturated heterocycles. The standard InChI is InChI=1S/C63H76N12O9S2/c1-37(2)55(62(82)74-54(35-86)61(81)72-52(63(83)84)31-46(40-16-5-3-6-17-40)41-18-7-4-8-19-41)75-57(77)49(23-13-14-26-64)69-58(78)50(29-43-32-67-48-22-12-11-21-45(43)48)70-59(79)51(30-44-33-66-36-68-44)71-60(80)53(34-85)73-56(76)47(65)28-38-24-25-39-15-9-10-20-42(39)27-38/h3-12,15-22,24-25,27,32-33,36-37,46-47,49-55,67,85-86H,13-14,23,26,28-31,34-35,64-65H2,1-2H3,(H,66,68)(H,69,78)(H,70,79)(H,71,80)(H,72,81)(H,73,76)(H,74,82)(H,75,77)(H,83,84)/t47-,49-,50+,51-,52-,53+,54-,55-/m0/s1. The van der Waals surface area contributed by atoms with Gasteiger partial charge in [-0.3, -0.25) is 33.6 Å². The van der Waals surface area contributed by atoms with Crippen LogP contribution in [-0.2, 0) is 57.6 Å². The van der Waals surface area contributed by atoms with E-state index in [4.69, 9.17) is 11.5 Å². The Kier molecular flexibility index (Phi) is 24.3. The zero-order valence-electron chi connectivity index (χ0n) is 47.9. The van der Waals surface area contributed by atoms with Crippen LogP contribution in [0.3, 0.4) is 0 Å². The van der Waals surface area contributed by atoms with Crippen molar-refractivity contribution >= 4 is 94.3 Å². The molecule has 14 N–H and O–H groups in total. The average Bonchev–Trinajstić information content (AvgIpc) is 4.38. The molecule has 0 aliphatic carbocycles. The first kappa shape index (κ1) is 65.0. The summed E-state index contributed by atoms with van der Waals surface area (Å²) < 4.78 is 0. The normalized spacial score (nSPS) is 14.2. The highest BCUT2D eigenvalue weighted by Crippen LogP contribution is 2.30. The number of nitrogens with zero attached hydrogens (tertiary/aromatic N) is 1. The fraction of sp³-hybridized carbons (Fsp3) is 0.349. The first-order chi connectivity index (χ1) is 41.5. The van der Waals surface area contributed by atoms with Crippen LogP contribution in [-0.4, -0.2) is 134 Å². The summed E-state index contributed by atoms with van der Waals surface area (Å²) in [6, 6.07) is 29.2. The molecule has 7 amide bonds. The molecule has 0 aliphatic heterocycles. The van der Waals surface area contributed by atoms with Crippen molar-refractivity contribution in [3.63, 3.8) is 0 Å². The minimum absolute atomic E-state index is 0.0126. The van der Waals surface area contributed by atoms with E-state index in [1.807, 2.05) is 127 Å². The van der Waals surface area contributed by atoms with Crippen LogP contribution in [0.5, 0.6) is 0 Å². The lowest BCUT2D eigenvalue weighted by atomic mass is 9.86. The van der Waals surface area contributed by atoms with Gasteiger partial charge in [-0.2, -0.15) is 25.3 Å². The van der Waals surface area contributed by atoms with Gasteiger partial charge in [0.05, 0.1) is 12.4 Å². The lowest BCUT2D eigenvalue weighted by Crippen LogP contribution is -2.61. The van der Waals surface area contributed by atoms with Crippen molar-refractivity contribution in [3.8, 4) is 0 Å². The molecule has 8 atom stereocenters. The average molecular weight is 1210 g/mol. The Morgan fingerprint density at radius 3 is 1.69 bits per heavy atom. The fourth-order valence-electron chi connectivity index (χ4n) is 10.1. The molecule has 5 aromatic carbocycles. The summed E-state index contributed by atoms with van der Waals surface area (Å²) in [4.78, 5) is 123. The number of carbonyl (C=O) groups excluding carboxylic acids is 7. The number of fused-ring (bicyclic) bond motifs is 2. The Bertz CT molecular complexity index is 3370. The molecule has 7 aromatic rings. The van der Waals surface area contributed by atoms with Crippen molar-refractivity contribution in [1.82, 2.24) is 52.2 Å². The second-order valence-electron chi connectivity index (χ2n) is 21.5. The SMILES string of the molecule is CC(C)[C@H](NC(=O)[C@H](CCCCN)NC(=O)[C@@H](Cc1c[nH]c2ccccc12)NC(=O)[C@H](Cc1cnc[nH]1)NC(=O)[C@@H](CS)NC(=O)[C@@H](N)Cc1ccc2ccccc2c1)C(=O)N[C@@H](CS)C(=O)N[C@@H](CC(c1ccccc1)c1ccccc1)C(=O)O. The number of unbranched alkanes of at least 4 members (excludes halogenated alkanes) is 1. The number of benzene rings is 5. The van der Waals surface area contributed by atoms with Gasteiger partial charge >= 0.3 is 5.97 Å². The van der Waals surface area contributed by atoms with E-state index in [-0.39, 0.29) is 50.2 Å². The molecule has 0 spiro atoms. The predicted octanol–water partition coefficient (Wildman–Crippen LogP) is 3.74. The van der Waals surface area contributed by atoms with E-state index >= 15 is 0 Å². The third-order valence-corrected chi connectivity index (χ3v) is 15.6. The molecule has 21 nitrogen and oxygen atoms in total. The first-order valence-electron chi connectivity index (χ1n) is 28.6. The maximum atomic E-state index is 14.9. The lowest BCUT2D eigenvalue weighted by Gasteiger charge is -2.29. The molecule has 0 radical (unpaired) electrons. The van der Waals surface area contributed by atoms with Crippen molar-refractivity contribution in [2.24, 2.45) is 17.4 Å². The summed E-state index contributed by atoms with van der Waals surface area (Å²) in [5, 5.41) is 32.2. The summed E-state index contributed by atoms with van der Waals surface area (Å²) in [6.07, 6.45) is 5.40. The van der Waals surface area contributed by atoms with E-state index < -0.39 is 107 Å². The molecule has 0 fully saturated rings. The predicted molar refractivity (Wildman–Crippen MR) is 336 cm³/mol. The number of aromatic nitrogens is 3. The van der Waals surface area contributed by atoms with Crippen LogP contribution in [0.2, 0.25) is 0 Å². The molecular weight excluding hydrogens is 1130 g/mol. The number of rotatable bonds is 32. The summed E-state index contributed by atoms with van der Waals surface area (Å²) in [7, 11) is 0. The fourth-order valence-corrected chi connectivity index (χ4v) is 10.6. The molecule has 2 aromatic heterocycles. The number of amides is 7. The topological polar surface area (TPSA) is 338 Å². The maximum Gasteiger partial charge on any atom is 0.326 e. The van der Waals surface area contributed by atoms with Crippen LogP contribution in [0.4, 0.5) is 0 Å². The number of carboxylic acid groups (broad SMARTS) is 1. The van der Waals surface area contributed by atoms with Crippen LogP contribution in [0.15, 0.2) is 146 Å². The van der Waals surface area contributed by atoms with Crippen molar-refractivity contribution < 1.29 is 43.5 Å². The molecule has 0 unspecified atom stereocenters. The van der Waals surface area contributed by atoms with Gasteiger partial charge in [0.25, 0.3) is 0 Å². The largest absolute Gasteiger partial charge is 0.480 e. The Morgan fingerprint density at radius 2 is 1.09 bits per heavy atom. The molecule has 454 valence electrons. The molecule has 86 heavy (non-hydrogen) atoms. The number of thiol groups is 2. The van der Waals surface area contributed by atoms with Gasteiger partial charge in [-0.15, -0.1) is 0 Å². The molecule has 0 aliphatic rings. The Hall–Kier alpha value is -8.51. The van der Waals surface area contributed by atoms with E-state index in [1.54, 1.807) is 20.0 Å². The van der Waals surface area contributed by atoms with Gasteiger partial charge in [-0.05, 0) is 83.7 Å². The molecule has 2 heterocycles. The number of para-hydroxylation sites is 1. The maximum absolute atomic E-state index is 14.9. The Morgan fingerprint density at radius 1 is 0.558 bits per heavy atom. The molecular formula is C63H76N12O9S2. The van der Waals surface area contributed by atoms with Gasteiger partial charge < -0.3 is 63.8 Å². The number of aliphatic carboxylic acids is 1. The molecule has 0 bridgehead atoms. The highest BCUT2D eigenvalue weighted by atomic mass is 32.1. The van der Waals surface area contributed by atoms with Crippen LogP contribution in [0.1, 0.15) is 73.4 Å². The summed E-state index contributed by atoms with van der Waals surface area (Å²) in [5.74, 6) is -7.96. The number of aromatic amines is 2. The van der Waals surface area contributed by atoms with Crippen molar-refractivity contribution in [2.45, 2.75) is 113 Å². The molecule has 0 saturated carbocycles. The number of nitrogens with two attached hydrogens (primary N) is 2. The number of imidazole rings is 1. The van der Waals surface area contributed by atoms with Crippen molar-refractivity contribution in [3.05, 3.63) is 174 Å². The van der Waals surface area contributed by atoms with E-state index in [9.17, 15) is 43.5 Å². The third-order valence-electron chi connectivity index (χ3n) is 14.9.